The van der Waals surface area contributed by atoms with Crippen LogP contribution in [0.15, 0.2) is 36.4 Å². The number of benzene rings is 1. The van der Waals surface area contributed by atoms with Crippen LogP contribution in [-0.4, -0.2) is 46.1 Å². The first-order valence-corrected chi connectivity index (χ1v) is 8.64. The van der Waals surface area contributed by atoms with Crippen molar-refractivity contribution in [3.63, 3.8) is 0 Å². The highest BCUT2D eigenvalue weighted by Gasteiger charge is 2.32. The molecule has 1 saturated heterocycles. The first-order valence-electron chi connectivity index (χ1n) is 8.26. The summed E-state index contributed by atoms with van der Waals surface area (Å²) in [7, 11) is 0. The number of ether oxygens (including phenoxy) is 1. The summed E-state index contributed by atoms with van der Waals surface area (Å²) in [6.45, 7) is 4.22. The van der Waals surface area contributed by atoms with Crippen LogP contribution >= 0.6 is 11.6 Å². The quantitative estimate of drug-likeness (QED) is 0.891. The lowest BCUT2D eigenvalue weighted by Gasteiger charge is -2.38. The zero-order chi connectivity index (χ0) is 18.8. The molecule has 3 rings (SSSR count). The molecule has 6 nitrogen and oxygen atoms in total. The highest BCUT2D eigenvalue weighted by molar-refractivity contribution is 6.31. The SMILES string of the molecule is Cc1nc(C(=O)N2CC(c3ccccc3Cl)OCC2C)ccc1C(=O)O. The Balaban J connectivity index is 1.85. The molecule has 2 heterocycles. The molecule has 1 aromatic carbocycles. The third-order valence-electron chi connectivity index (χ3n) is 4.48. The number of carbonyl (C=O) groups is 2. The number of carboxylic acid groups (broad SMARTS) is 1. The minimum Gasteiger partial charge on any atom is -0.478 e. The fourth-order valence-electron chi connectivity index (χ4n) is 3.02. The summed E-state index contributed by atoms with van der Waals surface area (Å²) in [4.78, 5) is 29.9. The Morgan fingerprint density at radius 1 is 1.27 bits per heavy atom. The molecule has 26 heavy (non-hydrogen) atoms. The molecule has 1 aliphatic rings. The Morgan fingerprint density at radius 3 is 2.65 bits per heavy atom. The standard InChI is InChI=1S/C19H19ClN2O4/c1-11-10-26-17(14-5-3-4-6-15(14)20)9-22(11)18(23)16-8-7-13(19(24)25)12(2)21-16/h3-8,11,17H,9-10H2,1-2H3,(H,24,25). The monoisotopic (exact) mass is 374 g/mol. The predicted molar refractivity (Wildman–Crippen MR) is 96.6 cm³/mol. The number of aryl methyl sites for hydroxylation is 1. The fourth-order valence-corrected chi connectivity index (χ4v) is 3.27. The predicted octanol–water partition coefficient (Wildman–Crippen LogP) is 3.34. The Bertz CT molecular complexity index is 855. The highest BCUT2D eigenvalue weighted by Crippen LogP contribution is 2.30. The van der Waals surface area contributed by atoms with Crippen LogP contribution in [0.5, 0.6) is 0 Å². The summed E-state index contributed by atoms with van der Waals surface area (Å²) in [6.07, 6.45) is -0.316. The van der Waals surface area contributed by atoms with Gasteiger partial charge in [0, 0.05) is 10.6 Å². The average Bonchev–Trinajstić information content (AvgIpc) is 2.62. The third-order valence-corrected chi connectivity index (χ3v) is 4.83. The number of hydrogen-bond donors (Lipinski definition) is 1. The second-order valence-electron chi connectivity index (χ2n) is 6.28. The zero-order valence-electron chi connectivity index (χ0n) is 14.5. The number of carboxylic acids is 1. The van der Waals surface area contributed by atoms with E-state index < -0.39 is 5.97 Å². The molecule has 136 valence electrons. The highest BCUT2D eigenvalue weighted by atomic mass is 35.5. The molecule has 0 spiro atoms. The van der Waals surface area contributed by atoms with Crippen LogP contribution in [0.1, 0.15) is 45.1 Å². The van der Waals surface area contributed by atoms with Gasteiger partial charge in [0.05, 0.1) is 30.5 Å². The van der Waals surface area contributed by atoms with Crippen molar-refractivity contribution in [2.75, 3.05) is 13.2 Å². The molecule has 1 fully saturated rings. The molecule has 1 amide bonds. The Hall–Kier alpha value is -2.44. The maximum Gasteiger partial charge on any atom is 0.337 e. The maximum atomic E-state index is 12.9. The van der Waals surface area contributed by atoms with Crippen molar-refractivity contribution >= 4 is 23.5 Å². The van der Waals surface area contributed by atoms with Gasteiger partial charge in [-0.2, -0.15) is 0 Å². The van der Waals surface area contributed by atoms with Gasteiger partial charge in [0.1, 0.15) is 11.8 Å². The van der Waals surface area contributed by atoms with Crippen LogP contribution < -0.4 is 0 Å². The van der Waals surface area contributed by atoms with E-state index in [2.05, 4.69) is 4.98 Å². The lowest BCUT2D eigenvalue weighted by Crippen LogP contribution is -2.48. The average molecular weight is 375 g/mol. The van der Waals surface area contributed by atoms with Crippen LogP contribution in [0.4, 0.5) is 0 Å². The first kappa shape index (κ1) is 18.4. The summed E-state index contributed by atoms with van der Waals surface area (Å²) in [5.74, 6) is -1.31. The minimum atomic E-state index is -1.06. The molecule has 0 aliphatic carbocycles. The molecular weight excluding hydrogens is 356 g/mol. The lowest BCUT2D eigenvalue weighted by molar-refractivity contribution is -0.0488. The van der Waals surface area contributed by atoms with Crippen molar-refractivity contribution in [2.24, 2.45) is 0 Å². The Labute approximate surface area is 156 Å². The lowest BCUT2D eigenvalue weighted by atomic mass is 10.1. The largest absolute Gasteiger partial charge is 0.478 e. The summed E-state index contributed by atoms with van der Waals surface area (Å²) in [5.41, 5.74) is 1.46. The molecule has 0 saturated carbocycles. The molecular formula is C19H19ClN2O4. The van der Waals surface area contributed by atoms with E-state index in [0.717, 1.165) is 5.56 Å². The van der Waals surface area contributed by atoms with Crippen molar-refractivity contribution in [3.05, 3.63) is 63.9 Å². The van der Waals surface area contributed by atoms with Crippen molar-refractivity contribution in [2.45, 2.75) is 26.0 Å². The van der Waals surface area contributed by atoms with Gasteiger partial charge in [-0.25, -0.2) is 9.78 Å². The van der Waals surface area contributed by atoms with E-state index in [9.17, 15) is 9.59 Å². The number of hydrogen-bond acceptors (Lipinski definition) is 4. The molecule has 2 aromatic rings. The van der Waals surface area contributed by atoms with Crippen LogP contribution in [0.25, 0.3) is 0 Å². The van der Waals surface area contributed by atoms with E-state index in [4.69, 9.17) is 21.4 Å². The molecule has 0 bridgehead atoms. The number of nitrogens with zero attached hydrogens (tertiary/aromatic N) is 2. The fraction of sp³-hybridized carbons (Fsp3) is 0.316. The molecule has 1 aromatic heterocycles. The van der Waals surface area contributed by atoms with Crippen molar-refractivity contribution in [1.82, 2.24) is 9.88 Å². The number of pyridine rings is 1. The van der Waals surface area contributed by atoms with Crippen molar-refractivity contribution in [1.29, 1.82) is 0 Å². The van der Waals surface area contributed by atoms with Gasteiger partial charge in [0.25, 0.3) is 5.91 Å². The second kappa shape index (κ2) is 7.43. The third kappa shape index (κ3) is 3.57. The summed E-state index contributed by atoms with van der Waals surface area (Å²) < 4.78 is 5.87. The summed E-state index contributed by atoms with van der Waals surface area (Å²) in [5, 5.41) is 9.70. The van der Waals surface area contributed by atoms with Gasteiger partial charge in [0.2, 0.25) is 0 Å². The van der Waals surface area contributed by atoms with E-state index in [0.29, 0.717) is 23.9 Å². The van der Waals surface area contributed by atoms with E-state index in [1.165, 1.54) is 12.1 Å². The molecule has 1 N–H and O–H groups in total. The van der Waals surface area contributed by atoms with Gasteiger partial charge in [-0.05, 0) is 32.0 Å². The number of amides is 1. The van der Waals surface area contributed by atoms with Gasteiger partial charge in [0.15, 0.2) is 0 Å². The molecule has 0 radical (unpaired) electrons. The number of morpholine rings is 1. The van der Waals surface area contributed by atoms with Crippen LogP contribution in [0, 0.1) is 6.92 Å². The molecule has 2 atom stereocenters. The van der Waals surface area contributed by atoms with E-state index >= 15 is 0 Å². The minimum absolute atomic E-state index is 0.0884. The molecule has 1 aliphatic heterocycles. The van der Waals surface area contributed by atoms with Crippen molar-refractivity contribution in [3.8, 4) is 0 Å². The normalized spacial score (nSPS) is 20.0. The number of aromatic carboxylic acids is 1. The number of aromatic nitrogens is 1. The van der Waals surface area contributed by atoms with Gasteiger partial charge in [-0.3, -0.25) is 4.79 Å². The van der Waals surface area contributed by atoms with E-state index in [1.54, 1.807) is 17.9 Å². The molecule has 2 unspecified atom stereocenters. The van der Waals surface area contributed by atoms with E-state index in [-0.39, 0.29) is 29.3 Å². The maximum absolute atomic E-state index is 12.9. The van der Waals surface area contributed by atoms with Crippen molar-refractivity contribution < 1.29 is 19.4 Å². The van der Waals surface area contributed by atoms with Gasteiger partial charge in [-0.1, -0.05) is 29.8 Å². The number of carbonyl (C=O) groups excluding carboxylic acids is 1. The van der Waals surface area contributed by atoms with E-state index in [1.807, 2.05) is 25.1 Å². The zero-order valence-corrected chi connectivity index (χ0v) is 15.2. The Kier molecular flexibility index (Phi) is 5.25. The van der Waals surface area contributed by atoms with Crippen LogP contribution in [0.2, 0.25) is 5.02 Å². The smallest absolute Gasteiger partial charge is 0.337 e. The van der Waals surface area contributed by atoms with Gasteiger partial charge >= 0.3 is 5.97 Å². The summed E-state index contributed by atoms with van der Waals surface area (Å²) in [6, 6.07) is 10.1. The van der Waals surface area contributed by atoms with Crippen LogP contribution in [-0.2, 0) is 4.74 Å². The summed E-state index contributed by atoms with van der Waals surface area (Å²) >= 11 is 6.25. The second-order valence-corrected chi connectivity index (χ2v) is 6.69. The van der Waals surface area contributed by atoms with Gasteiger partial charge in [-0.15, -0.1) is 0 Å². The van der Waals surface area contributed by atoms with Crippen LogP contribution in [0.3, 0.4) is 0 Å². The number of halogens is 1. The topological polar surface area (TPSA) is 79.7 Å². The Morgan fingerprint density at radius 2 is 2.00 bits per heavy atom. The first-order chi connectivity index (χ1) is 12.4. The number of rotatable bonds is 3. The van der Waals surface area contributed by atoms with Gasteiger partial charge < -0.3 is 14.7 Å². The molecule has 7 heteroatoms.